The summed E-state index contributed by atoms with van der Waals surface area (Å²) >= 11 is 0. The Morgan fingerprint density at radius 1 is 1.41 bits per heavy atom. The first-order chi connectivity index (χ1) is 7.95. The molecular weight excluding hydrogens is 238 g/mol. The van der Waals surface area contributed by atoms with Crippen LogP contribution in [0, 0.1) is 0 Å². The lowest BCUT2D eigenvalue weighted by molar-refractivity contribution is -0.120. The second-order valence-electron chi connectivity index (χ2n) is 3.65. The van der Waals surface area contributed by atoms with Crippen molar-refractivity contribution in [3.8, 4) is 0 Å². The molecule has 0 unspecified atom stereocenters. The Morgan fingerprint density at radius 3 is 2.65 bits per heavy atom. The van der Waals surface area contributed by atoms with Gasteiger partial charge in [0.05, 0.1) is 11.3 Å². The van der Waals surface area contributed by atoms with Gasteiger partial charge in [-0.25, -0.2) is 8.42 Å². The standard InChI is InChI=1S/C12H15NO3S/c1-3-8-13-12(14)9-10-6-4-5-7-11(10)17(2,15)16/h3-7H,1,8-9H2,2H3,(H,13,14). The van der Waals surface area contributed by atoms with Gasteiger partial charge in [0.2, 0.25) is 5.91 Å². The third kappa shape index (κ3) is 4.03. The van der Waals surface area contributed by atoms with Crippen LogP contribution in [-0.2, 0) is 21.1 Å². The minimum atomic E-state index is -3.30. The molecule has 1 aromatic carbocycles. The fourth-order valence-electron chi connectivity index (χ4n) is 1.43. The second-order valence-corrected chi connectivity index (χ2v) is 5.63. The summed E-state index contributed by atoms with van der Waals surface area (Å²) in [5, 5.41) is 2.61. The Hall–Kier alpha value is -1.62. The maximum absolute atomic E-state index is 11.5. The zero-order valence-corrected chi connectivity index (χ0v) is 10.5. The van der Waals surface area contributed by atoms with E-state index in [0.717, 1.165) is 6.26 Å². The summed E-state index contributed by atoms with van der Waals surface area (Å²) in [5.41, 5.74) is 0.511. The summed E-state index contributed by atoms with van der Waals surface area (Å²) in [5.74, 6) is -0.221. The van der Waals surface area contributed by atoms with E-state index in [1.807, 2.05) is 0 Å². The van der Waals surface area contributed by atoms with Crippen LogP contribution >= 0.6 is 0 Å². The second kappa shape index (κ2) is 5.63. The predicted molar refractivity (Wildman–Crippen MR) is 66.5 cm³/mol. The molecule has 0 aromatic heterocycles. The van der Waals surface area contributed by atoms with Crippen LogP contribution in [-0.4, -0.2) is 27.1 Å². The predicted octanol–water partition coefficient (Wildman–Crippen LogP) is 0.935. The molecule has 0 saturated heterocycles. The molecule has 4 nitrogen and oxygen atoms in total. The highest BCUT2D eigenvalue weighted by molar-refractivity contribution is 7.90. The van der Waals surface area contributed by atoms with Gasteiger partial charge in [0.15, 0.2) is 9.84 Å². The number of hydrogen-bond acceptors (Lipinski definition) is 3. The van der Waals surface area contributed by atoms with Gasteiger partial charge in [0.25, 0.3) is 0 Å². The van der Waals surface area contributed by atoms with Crippen molar-refractivity contribution >= 4 is 15.7 Å². The Kier molecular flexibility index (Phi) is 4.45. The van der Waals surface area contributed by atoms with E-state index in [-0.39, 0.29) is 17.2 Å². The van der Waals surface area contributed by atoms with E-state index in [9.17, 15) is 13.2 Å². The number of carbonyl (C=O) groups excluding carboxylic acids is 1. The van der Waals surface area contributed by atoms with Crippen molar-refractivity contribution in [1.82, 2.24) is 5.32 Å². The molecule has 17 heavy (non-hydrogen) atoms. The van der Waals surface area contributed by atoms with Crippen molar-refractivity contribution in [2.45, 2.75) is 11.3 Å². The van der Waals surface area contributed by atoms with Gasteiger partial charge in [-0.05, 0) is 11.6 Å². The molecule has 0 fully saturated rings. The Morgan fingerprint density at radius 2 is 2.06 bits per heavy atom. The van der Waals surface area contributed by atoms with Crippen LogP contribution in [0.5, 0.6) is 0 Å². The molecule has 92 valence electrons. The number of sulfone groups is 1. The SMILES string of the molecule is C=CCNC(=O)Cc1ccccc1S(C)(=O)=O. The maximum Gasteiger partial charge on any atom is 0.224 e. The molecule has 1 amide bonds. The highest BCUT2D eigenvalue weighted by Crippen LogP contribution is 2.15. The Bertz CT molecular complexity index is 520. The van der Waals surface area contributed by atoms with E-state index < -0.39 is 9.84 Å². The fourth-order valence-corrected chi connectivity index (χ4v) is 2.38. The van der Waals surface area contributed by atoms with Gasteiger partial charge in [-0.2, -0.15) is 0 Å². The number of carbonyl (C=O) groups is 1. The lowest BCUT2D eigenvalue weighted by atomic mass is 10.1. The Labute approximate surface area is 101 Å². The summed E-state index contributed by atoms with van der Waals surface area (Å²) < 4.78 is 23.0. The van der Waals surface area contributed by atoms with Crippen LogP contribution in [0.25, 0.3) is 0 Å². The molecule has 1 N–H and O–H groups in total. The zero-order chi connectivity index (χ0) is 12.9. The van der Waals surface area contributed by atoms with Crippen LogP contribution in [0.3, 0.4) is 0 Å². The monoisotopic (exact) mass is 253 g/mol. The zero-order valence-electron chi connectivity index (χ0n) is 9.64. The van der Waals surface area contributed by atoms with Gasteiger partial charge in [-0.3, -0.25) is 4.79 Å². The van der Waals surface area contributed by atoms with Crippen LogP contribution < -0.4 is 5.32 Å². The fraction of sp³-hybridized carbons (Fsp3) is 0.250. The largest absolute Gasteiger partial charge is 0.352 e. The maximum atomic E-state index is 11.5. The normalized spacial score (nSPS) is 10.9. The summed E-state index contributed by atoms with van der Waals surface area (Å²) in [6.45, 7) is 3.86. The van der Waals surface area contributed by atoms with Crippen LogP contribution in [0.4, 0.5) is 0 Å². The van der Waals surface area contributed by atoms with E-state index in [0.29, 0.717) is 12.1 Å². The molecule has 5 heteroatoms. The average molecular weight is 253 g/mol. The van der Waals surface area contributed by atoms with E-state index in [4.69, 9.17) is 0 Å². The van der Waals surface area contributed by atoms with Gasteiger partial charge in [-0.1, -0.05) is 24.3 Å². The smallest absolute Gasteiger partial charge is 0.224 e. The molecule has 1 aromatic rings. The minimum Gasteiger partial charge on any atom is -0.352 e. The first-order valence-electron chi connectivity index (χ1n) is 5.10. The number of rotatable bonds is 5. The first-order valence-corrected chi connectivity index (χ1v) is 7.00. The van der Waals surface area contributed by atoms with E-state index in [1.54, 1.807) is 24.3 Å². The van der Waals surface area contributed by atoms with E-state index >= 15 is 0 Å². The van der Waals surface area contributed by atoms with Gasteiger partial charge in [0.1, 0.15) is 0 Å². The number of amides is 1. The molecule has 0 spiro atoms. The highest BCUT2D eigenvalue weighted by atomic mass is 32.2. The molecule has 0 aliphatic rings. The number of hydrogen-bond donors (Lipinski definition) is 1. The van der Waals surface area contributed by atoms with Gasteiger partial charge in [0, 0.05) is 12.8 Å². The third-order valence-corrected chi connectivity index (χ3v) is 3.36. The summed E-state index contributed by atoms with van der Waals surface area (Å²) in [6, 6.07) is 6.50. The van der Waals surface area contributed by atoms with E-state index in [1.165, 1.54) is 6.07 Å². The summed E-state index contributed by atoms with van der Waals surface area (Å²) in [7, 11) is -3.30. The van der Waals surface area contributed by atoms with Crippen molar-refractivity contribution < 1.29 is 13.2 Å². The first kappa shape index (κ1) is 13.4. The quantitative estimate of drug-likeness (QED) is 0.794. The topological polar surface area (TPSA) is 63.2 Å². The molecule has 0 aliphatic carbocycles. The number of benzene rings is 1. The van der Waals surface area contributed by atoms with Crippen LogP contribution in [0.2, 0.25) is 0 Å². The average Bonchev–Trinajstić information content (AvgIpc) is 2.25. The molecule has 0 atom stereocenters. The van der Waals surface area contributed by atoms with Crippen molar-refractivity contribution in [3.63, 3.8) is 0 Å². The van der Waals surface area contributed by atoms with E-state index in [2.05, 4.69) is 11.9 Å². The van der Waals surface area contributed by atoms with Gasteiger partial charge < -0.3 is 5.32 Å². The molecule has 0 bridgehead atoms. The van der Waals surface area contributed by atoms with Crippen LogP contribution in [0.1, 0.15) is 5.56 Å². The molecule has 0 saturated carbocycles. The number of nitrogens with one attached hydrogen (secondary N) is 1. The van der Waals surface area contributed by atoms with Gasteiger partial charge in [-0.15, -0.1) is 6.58 Å². The highest BCUT2D eigenvalue weighted by Gasteiger charge is 2.14. The van der Waals surface area contributed by atoms with Crippen molar-refractivity contribution in [3.05, 3.63) is 42.5 Å². The summed E-state index contributed by atoms with van der Waals surface area (Å²) in [4.78, 5) is 11.7. The molecule has 0 radical (unpaired) electrons. The van der Waals surface area contributed by atoms with Gasteiger partial charge >= 0.3 is 0 Å². The molecule has 0 aliphatic heterocycles. The van der Waals surface area contributed by atoms with Crippen LogP contribution in [0.15, 0.2) is 41.8 Å². The molecule has 1 rings (SSSR count). The minimum absolute atomic E-state index is 0.0527. The molecular formula is C12H15NO3S. The Balaban J connectivity index is 2.92. The molecule has 0 heterocycles. The lowest BCUT2D eigenvalue weighted by Gasteiger charge is -2.07. The van der Waals surface area contributed by atoms with Crippen molar-refractivity contribution in [2.75, 3.05) is 12.8 Å². The summed E-state index contributed by atoms with van der Waals surface area (Å²) in [6.07, 6.45) is 2.75. The van der Waals surface area contributed by atoms with Crippen molar-refractivity contribution in [1.29, 1.82) is 0 Å². The lowest BCUT2D eigenvalue weighted by Crippen LogP contribution is -2.25. The van der Waals surface area contributed by atoms with Crippen molar-refractivity contribution in [2.24, 2.45) is 0 Å². The third-order valence-electron chi connectivity index (χ3n) is 2.17.